The minimum atomic E-state index is -0.335. The fourth-order valence-electron chi connectivity index (χ4n) is 5.28. The van der Waals surface area contributed by atoms with E-state index in [2.05, 4.69) is 41.5 Å². The van der Waals surface area contributed by atoms with Crippen LogP contribution in [-0.2, 0) is 9.47 Å². The Bertz CT molecular complexity index is 319. The van der Waals surface area contributed by atoms with Gasteiger partial charge in [-0.25, -0.2) is 0 Å². The molecule has 2 nitrogen and oxygen atoms in total. The van der Waals surface area contributed by atoms with Gasteiger partial charge in [0, 0.05) is 18.3 Å². The van der Waals surface area contributed by atoms with Gasteiger partial charge in [0.15, 0.2) is 5.79 Å². The van der Waals surface area contributed by atoms with Crippen LogP contribution in [-0.4, -0.2) is 18.0 Å². The molecule has 0 aromatic carbocycles. The van der Waals surface area contributed by atoms with Gasteiger partial charge in [-0.1, -0.05) is 80.1 Å². The summed E-state index contributed by atoms with van der Waals surface area (Å²) in [5.41, 5.74) is 0.207. The summed E-state index contributed by atoms with van der Waals surface area (Å²) in [4.78, 5) is 0. The molecule has 0 unspecified atom stereocenters. The first kappa shape index (κ1) is 22.0. The number of hydrogen-bond donors (Lipinski definition) is 0. The molecule has 144 valence electrons. The summed E-state index contributed by atoms with van der Waals surface area (Å²) in [6.07, 6.45) is 14.0. The van der Waals surface area contributed by atoms with Crippen LogP contribution >= 0.6 is 0 Å². The summed E-state index contributed by atoms with van der Waals surface area (Å²) in [6.45, 7) is 14.7. The first-order valence-corrected chi connectivity index (χ1v) is 10.9. The van der Waals surface area contributed by atoms with Gasteiger partial charge in [0.05, 0.1) is 12.2 Å². The van der Waals surface area contributed by atoms with Crippen molar-refractivity contribution in [3.63, 3.8) is 0 Å². The lowest BCUT2D eigenvalue weighted by molar-refractivity contribution is -0.383. The Morgan fingerprint density at radius 1 is 0.583 bits per heavy atom. The number of ether oxygens (including phenoxy) is 2. The maximum Gasteiger partial charge on any atom is 0.169 e. The van der Waals surface area contributed by atoms with E-state index in [1.807, 2.05) is 0 Å². The summed E-state index contributed by atoms with van der Waals surface area (Å²) in [5, 5.41) is 0. The van der Waals surface area contributed by atoms with Crippen LogP contribution in [0, 0.1) is 5.41 Å². The molecule has 0 radical (unpaired) electrons. The molecule has 0 bridgehead atoms. The Balaban J connectivity index is 3.30. The van der Waals surface area contributed by atoms with Gasteiger partial charge in [-0.15, -0.1) is 0 Å². The predicted octanol–water partition coefficient (Wildman–Crippen LogP) is 7.26. The Hall–Kier alpha value is -0.0800. The second-order valence-corrected chi connectivity index (χ2v) is 8.08. The maximum absolute atomic E-state index is 7.12. The highest BCUT2D eigenvalue weighted by Crippen LogP contribution is 2.55. The molecule has 1 heterocycles. The molecule has 1 fully saturated rings. The van der Waals surface area contributed by atoms with Crippen molar-refractivity contribution >= 4 is 0 Å². The second kappa shape index (κ2) is 10.2. The average molecular weight is 341 g/mol. The third kappa shape index (κ3) is 4.55. The van der Waals surface area contributed by atoms with Crippen molar-refractivity contribution in [3.8, 4) is 0 Å². The molecule has 2 heteroatoms. The van der Waals surface area contributed by atoms with Gasteiger partial charge in [0.1, 0.15) is 0 Å². The Morgan fingerprint density at radius 3 is 1.38 bits per heavy atom. The van der Waals surface area contributed by atoms with Gasteiger partial charge in [-0.3, -0.25) is 0 Å². The van der Waals surface area contributed by atoms with Crippen LogP contribution in [0.2, 0.25) is 0 Å². The SMILES string of the molecule is CCCC1(CCC)OCC(CCC)(CCC)C(CCC)(CCC)O1. The van der Waals surface area contributed by atoms with E-state index in [0.29, 0.717) is 0 Å². The van der Waals surface area contributed by atoms with E-state index in [0.717, 1.165) is 32.3 Å². The molecule has 1 aliphatic heterocycles. The Kier molecular flexibility index (Phi) is 9.30. The lowest BCUT2D eigenvalue weighted by Crippen LogP contribution is -2.63. The minimum Gasteiger partial charge on any atom is -0.349 e. The van der Waals surface area contributed by atoms with Gasteiger partial charge in [0.25, 0.3) is 0 Å². The van der Waals surface area contributed by atoms with E-state index >= 15 is 0 Å². The largest absolute Gasteiger partial charge is 0.349 e. The van der Waals surface area contributed by atoms with Gasteiger partial charge in [-0.2, -0.15) is 0 Å². The third-order valence-corrected chi connectivity index (χ3v) is 5.99. The van der Waals surface area contributed by atoms with Gasteiger partial charge < -0.3 is 9.47 Å². The smallest absolute Gasteiger partial charge is 0.169 e. The van der Waals surface area contributed by atoms with Crippen molar-refractivity contribution in [1.29, 1.82) is 0 Å². The van der Waals surface area contributed by atoms with Gasteiger partial charge in [-0.05, 0) is 25.7 Å². The van der Waals surface area contributed by atoms with Crippen molar-refractivity contribution in [2.75, 3.05) is 6.61 Å². The van der Waals surface area contributed by atoms with Crippen LogP contribution in [0.3, 0.4) is 0 Å². The van der Waals surface area contributed by atoms with Crippen molar-refractivity contribution in [2.24, 2.45) is 5.41 Å². The zero-order valence-electron chi connectivity index (χ0n) is 17.5. The molecule has 0 aromatic rings. The fraction of sp³-hybridized carbons (Fsp3) is 1.00. The standard InChI is InChI=1S/C22H44O2/c1-7-13-20(14-8-2)19-23-22(17-11-5,18-12-6)24-21(20,15-9-3)16-10-4/h7-19H2,1-6H3. The molecule has 0 saturated carbocycles. The summed E-state index contributed by atoms with van der Waals surface area (Å²) in [6, 6.07) is 0. The highest BCUT2D eigenvalue weighted by Gasteiger charge is 2.58. The van der Waals surface area contributed by atoms with E-state index in [4.69, 9.17) is 9.47 Å². The minimum absolute atomic E-state index is 0.00507. The van der Waals surface area contributed by atoms with Crippen LogP contribution in [0.25, 0.3) is 0 Å². The average Bonchev–Trinajstić information content (AvgIpc) is 2.53. The van der Waals surface area contributed by atoms with Crippen LogP contribution in [0.1, 0.15) is 119 Å². The highest BCUT2D eigenvalue weighted by atomic mass is 16.7. The van der Waals surface area contributed by atoms with E-state index < -0.39 is 0 Å². The normalized spacial score (nSPS) is 21.8. The Labute approximate surface area is 152 Å². The van der Waals surface area contributed by atoms with Crippen molar-refractivity contribution < 1.29 is 9.47 Å². The van der Waals surface area contributed by atoms with E-state index in [-0.39, 0.29) is 16.8 Å². The molecule has 0 aliphatic carbocycles. The van der Waals surface area contributed by atoms with Crippen LogP contribution in [0.15, 0.2) is 0 Å². The molecule has 0 N–H and O–H groups in total. The monoisotopic (exact) mass is 340 g/mol. The molecule has 1 saturated heterocycles. The molecular formula is C22H44O2. The lowest BCUT2D eigenvalue weighted by atomic mass is 9.62. The van der Waals surface area contributed by atoms with E-state index in [9.17, 15) is 0 Å². The second-order valence-electron chi connectivity index (χ2n) is 8.08. The van der Waals surface area contributed by atoms with Crippen molar-refractivity contribution in [3.05, 3.63) is 0 Å². The van der Waals surface area contributed by atoms with Gasteiger partial charge in [0.2, 0.25) is 0 Å². The summed E-state index contributed by atoms with van der Waals surface area (Å²) < 4.78 is 13.7. The predicted molar refractivity (Wildman–Crippen MR) is 104 cm³/mol. The third-order valence-electron chi connectivity index (χ3n) is 5.99. The van der Waals surface area contributed by atoms with Crippen molar-refractivity contribution in [2.45, 2.75) is 130 Å². The zero-order chi connectivity index (χ0) is 18.1. The summed E-state index contributed by atoms with van der Waals surface area (Å²) in [5.74, 6) is -0.335. The van der Waals surface area contributed by atoms with E-state index in [1.165, 1.54) is 51.4 Å². The first-order chi connectivity index (χ1) is 11.5. The van der Waals surface area contributed by atoms with Gasteiger partial charge >= 0.3 is 0 Å². The van der Waals surface area contributed by atoms with Crippen LogP contribution < -0.4 is 0 Å². The molecule has 0 aromatic heterocycles. The topological polar surface area (TPSA) is 18.5 Å². The quantitative estimate of drug-likeness (QED) is 0.372. The highest BCUT2D eigenvalue weighted by molar-refractivity contribution is 5.04. The van der Waals surface area contributed by atoms with Crippen LogP contribution in [0.4, 0.5) is 0 Å². The maximum atomic E-state index is 7.12. The summed E-state index contributed by atoms with van der Waals surface area (Å²) in [7, 11) is 0. The van der Waals surface area contributed by atoms with Crippen LogP contribution in [0.5, 0.6) is 0 Å². The molecule has 0 spiro atoms. The number of hydrogen-bond acceptors (Lipinski definition) is 2. The zero-order valence-corrected chi connectivity index (χ0v) is 17.5. The molecule has 1 aliphatic rings. The Morgan fingerprint density at radius 2 is 1.00 bits per heavy atom. The fourth-order valence-corrected chi connectivity index (χ4v) is 5.28. The lowest BCUT2D eigenvalue weighted by Gasteiger charge is -2.59. The number of rotatable bonds is 12. The molecule has 0 amide bonds. The van der Waals surface area contributed by atoms with Crippen molar-refractivity contribution in [1.82, 2.24) is 0 Å². The molecule has 0 atom stereocenters. The molecule has 24 heavy (non-hydrogen) atoms. The molecule has 1 rings (SSSR count). The molecular weight excluding hydrogens is 296 g/mol. The van der Waals surface area contributed by atoms with E-state index in [1.54, 1.807) is 0 Å². The summed E-state index contributed by atoms with van der Waals surface area (Å²) >= 11 is 0. The first-order valence-electron chi connectivity index (χ1n) is 10.9.